The topological polar surface area (TPSA) is 29.7 Å². The van der Waals surface area contributed by atoms with Crippen molar-refractivity contribution >= 4 is 10.9 Å². The Kier molecular flexibility index (Phi) is 2.97. The second-order valence-electron chi connectivity index (χ2n) is 5.36. The number of pyridine rings is 1. The summed E-state index contributed by atoms with van der Waals surface area (Å²) >= 11 is 0. The van der Waals surface area contributed by atoms with Crippen molar-refractivity contribution in [2.75, 3.05) is 0 Å². The molecule has 0 saturated carbocycles. The Morgan fingerprint density at radius 1 is 1.10 bits per heavy atom. The third kappa shape index (κ3) is 2.05. The number of fused-ring (bicyclic) bond motifs is 1. The van der Waals surface area contributed by atoms with E-state index in [9.17, 15) is 0 Å². The minimum atomic E-state index is 0.930. The highest BCUT2D eigenvalue weighted by Gasteiger charge is 2.18. The van der Waals surface area contributed by atoms with Gasteiger partial charge in [0.1, 0.15) is 6.20 Å². The largest absolute Gasteiger partial charge is 0.331 e. The molecule has 100 valence electrons. The standard InChI is InChI=1S/C17H18N3/c1-11-7-12(2)13(3)15(8-11)17-19-16-9-18-6-5-14(16)10-20(17)4/h5-10H,1-4H3/q+1. The van der Waals surface area contributed by atoms with Crippen molar-refractivity contribution in [3.63, 3.8) is 0 Å². The highest BCUT2D eigenvalue weighted by molar-refractivity contribution is 5.77. The van der Waals surface area contributed by atoms with E-state index in [1.165, 1.54) is 22.3 Å². The second kappa shape index (κ2) is 4.67. The molecule has 0 spiro atoms. The van der Waals surface area contributed by atoms with Gasteiger partial charge in [-0.3, -0.25) is 4.98 Å². The molecule has 3 aromatic rings. The molecule has 0 fully saturated rings. The van der Waals surface area contributed by atoms with E-state index in [1.807, 2.05) is 19.3 Å². The van der Waals surface area contributed by atoms with Gasteiger partial charge in [0.2, 0.25) is 5.52 Å². The fourth-order valence-corrected chi connectivity index (χ4v) is 2.58. The molecular weight excluding hydrogens is 246 g/mol. The molecule has 0 radical (unpaired) electrons. The Bertz CT molecular complexity index is 807. The molecule has 0 unspecified atom stereocenters. The van der Waals surface area contributed by atoms with Crippen molar-refractivity contribution in [3.05, 3.63) is 53.5 Å². The maximum absolute atomic E-state index is 4.79. The lowest BCUT2D eigenvalue weighted by molar-refractivity contribution is -0.661. The summed E-state index contributed by atoms with van der Waals surface area (Å²) in [6, 6.07) is 6.40. The Labute approximate surface area is 118 Å². The number of hydrogen-bond acceptors (Lipinski definition) is 2. The Morgan fingerprint density at radius 2 is 1.90 bits per heavy atom. The van der Waals surface area contributed by atoms with E-state index < -0.39 is 0 Å². The van der Waals surface area contributed by atoms with Gasteiger partial charge in [0, 0.05) is 6.20 Å². The molecule has 0 aliphatic carbocycles. The first-order valence-corrected chi connectivity index (χ1v) is 6.75. The molecule has 3 rings (SSSR count). The number of nitrogens with zero attached hydrogens (tertiary/aromatic N) is 3. The van der Waals surface area contributed by atoms with Crippen LogP contribution in [0.4, 0.5) is 0 Å². The smallest absolute Gasteiger partial charge is 0.260 e. The lowest BCUT2D eigenvalue weighted by Crippen LogP contribution is -2.32. The lowest BCUT2D eigenvalue weighted by atomic mass is 9.99. The van der Waals surface area contributed by atoms with Crippen LogP contribution >= 0.6 is 0 Å². The van der Waals surface area contributed by atoms with Crippen LogP contribution in [0.2, 0.25) is 0 Å². The first-order chi connectivity index (χ1) is 9.56. The number of aromatic nitrogens is 3. The third-order valence-electron chi connectivity index (χ3n) is 3.78. The summed E-state index contributed by atoms with van der Waals surface area (Å²) < 4.78 is 2.09. The van der Waals surface area contributed by atoms with Gasteiger partial charge in [0.05, 0.1) is 24.2 Å². The van der Waals surface area contributed by atoms with Crippen molar-refractivity contribution < 1.29 is 4.57 Å². The monoisotopic (exact) mass is 264 g/mol. The van der Waals surface area contributed by atoms with Crippen LogP contribution in [0.1, 0.15) is 16.7 Å². The van der Waals surface area contributed by atoms with Gasteiger partial charge in [-0.05, 0) is 54.6 Å². The summed E-state index contributed by atoms with van der Waals surface area (Å²) in [5.74, 6) is 0.981. The maximum atomic E-state index is 4.79. The van der Waals surface area contributed by atoms with Crippen LogP contribution in [0.3, 0.4) is 0 Å². The average Bonchev–Trinajstić information content (AvgIpc) is 2.42. The molecule has 2 heterocycles. The van der Waals surface area contributed by atoms with Crippen LogP contribution < -0.4 is 4.57 Å². The van der Waals surface area contributed by atoms with E-state index in [0.29, 0.717) is 0 Å². The van der Waals surface area contributed by atoms with Gasteiger partial charge in [-0.15, -0.1) is 0 Å². The molecule has 0 N–H and O–H groups in total. The van der Waals surface area contributed by atoms with E-state index in [-0.39, 0.29) is 0 Å². The highest BCUT2D eigenvalue weighted by atomic mass is 15.0. The quantitative estimate of drug-likeness (QED) is 0.632. The zero-order chi connectivity index (χ0) is 14.3. The van der Waals surface area contributed by atoms with Crippen molar-refractivity contribution in [2.45, 2.75) is 20.8 Å². The highest BCUT2D eigenvalue weighted by Crippen LogP contribution is 2.24. The fraction of sp³-hybridized carbons (Fsp3) is 0.235. The van der Waals surface area contributed by atoms with Gasteiger partial charge < -0.3 is 0 Å². The molecule has 2 aromatic heterocycles. The third-order valence-corrected chi connectivity index (χ3v) is 3.78. The van der Waals surface area contributed by atoms with Crippen LogP contribution in [0.25, 0.3) is 22.3 Å². The minimum absolute atomic E-state index is 0.930. The molecule has 3 nitrogen and oxygen atoms in total. The predicted molar refractivity (Wildman–Crippen MR) is 80.4 cm³/mol. The SMILES string of the molecule is Cc1cc(C)c(C)c(-c2nc3cnccc3c[n+]2C)c1. The first-order valence-electron chi connectivity index (χ1n) is 6.75. The van der Waals surface area contributed by atoms with Crippen LogP contribution in [0.15, 0.2) is 36.8 Å². The number of aryl methyl sites for hydroxylation is 3. The molecule has 20 heavy (non-hydrogen) atoms. The van der Waals surface area contributed by atoms with E-state index in [0.717, 1.165) is 16.7 Å². The van der Waals surface area contributed by atoms with Crippen LogP contribution in [0.5, 0.6) is 0 Å². The van der Waals surface area contributed by atoms with Crippen molar-refractivity contribution in [3.8, 4) is 11.4 Å². The van der Waals surface area contributed by atoms with Gasteiger partial charge in [-0.25, -0.2) is 4.57 Å². The molecule has 0 aliphatic heterocycles. The molecule has 3 heteroatoms. The summed E-state index contributed by atoms with van der Waals surface area (Å²) in [4.78, 5) is 8.95. The molecular formula is C17H18N3+. The lowest BCUT2D eigenvalue weighted by Gasteiger charge is -2.08. The van der Waals surface area contributed by atoms with Gasteiger partial charge in [-0.1, -0.05) is 6.07 Å². The summed E-state index contributed by atoms with van der Waals surface area (Å²) in [5, 5.41) is 1.10. The molecule has 0 bridgehead atoms. The fourth-order valence-electron chi connectivity index (χ4n) is 2.58. The predicted octanol–water partition coefficient (Wildman–Crippen LogP) is 3.05. The van der Waals surface area contributed by atoms with Crippen molar-refractivity contribution in [1.29, 1.82) is 0 Å². The second-order valence-corrected chi connectivity index (χ2v) is 5.36. The summed E-state index contributed by atoms with van der Waals surface area (Å²) in [7, 11) is 2.04. The van der Waals surface area contributed by atoms with Gasteiger partial charge in [0.25, 0.3) is 0 Å². The van der Waals surface area contributed by atoms with Crippen molar-refractivity contribution in [1.82, 2.24) is 9.97 Å². The Morgan fingerprint density at radius 3 is 2.70 bits per heavy atom. The Balaban J connectivity index is 2.32. The van der Waals surface area contributed by atoms with E-state index in [1.54, 1.807) is 6.20 Å². The zero-order valence-corrected chi connectivity index (χ0v) is 12.3. The van der Waals surface area contributed by atoms with Crippen molar-refractivity contribution in [2.24, 2.45) is 7.05 Å². The van der Waals surface area contributed by atoms with Gasteiger partial charge in [0.15, 0.2) is 0 Å². The van der Waals surface area contributed by atoms with Crippen LogP contribution in [-0.2, 0) is 7.05 Å². The zero-order valence-electron chi connectivity index (χ0n) is 12.3. The molecule has 0 amide bonds. The maximum Gasteiger partial charge on any atom is 0.331 e. The van der Waals surface area contributed by atoms with E-state index in [4.69, 9.17) is 4.98 Å². The first kappa shape index (κ1) is 12.7. The molecule has 1 aromatic carbocycles. The summed E-state index contributed by atoms with van der Waals surface area (Å²) in [6.07, 6.45) is 5.72. The van der Waals surface area contributed by atoms with Gasteiger partial charge in [-0.2, -0.15) is 0 Å². The summed E-state index contributed by atoms with van der Waals surface area (Å²) in [5.41, 5.74) is 5.96. The normalized spacial score (nSPS) is 11.0. The van der Waals surface area contributed by atoms with Crippen LogP contribution in [0, 0.1) is 20.8 Å². The van der Waals surface area contributed by atoms with Gasteiger partial charge >= 0.3 is 5.82 Å². The number of benzene rings is 1. The summed E-state index contributed by atoms with van der Waals surface area (Å²) in [6.45, 7) is 6.42. The van der Waals surface area contributed by atoms with E-state index in [2.05, 4.69) is 48.7 Å². The molecule has 0 aliphatic rings. The number of rotatable bonds is 1. The molecule has 0 atom stereocenters. The average molecular weight is 264 g/mol. The number of hydrogen-bond donors (Lipinski definition) is 0. The van der Waals surface area contributed by atoms with Crippen LogP contribution in [-0.4, -0.2) is 9.97 Å². The molecule has 0 saturated heterocycles. The minimum Gasteiger partial charge on any atom is -0.260 e. The Hall–Kier alpha value is -2.29. The van der Waals surface area contributed by atoms with E-state index >= 15 is 0 Å².